The smallest absolute Gasteiger partial charge is 0 e. The number of benzene rings is 2. The molecule has 76 valence electrons. The van der Waals surface area contributed by atoms with E-state index in [1.807, 2.05) is 36.4 Å². The van der Waals surface area contributed by atoms with E-state index in [9.17, 15) is 0 Å². The zero-order chi connectivity index (χ0) is 10.2. The van der Waals surface area contributed by atoms with Gasteiger partial charge < -0.3 is 0 Å². The molecule has 0 atom stereocenters. The molecule has 0 aliphatic carbocycles. The van der Waals surface area contributed by atoms with E-state index in [1.54, 1.807) is 0 Å². The fourth-order valence-electron chi connectivity index (χ4n) is 1.07. The average Bonchev–Trinajstić information content (AvgIpc) is 2.21. The van der Waals surface area contributed by atoms with Crippen molar-refractivity contribution in [2.45, 2.75) is 13.8 Å². The minimum absolute atomic E-state index is 0. The molecule has 0 aliphatic rings. The van der Waals surface area contributed by atoms with Crippen molar-refractivity contribution >= 4 is 0 Å². The maximum Gasteiger partial charge on any atom is 0 e. The first-order valence-corrected chi connectivity index (χ1v) is 4.82. The van der Waals surface area contributed by atoms with Crippen LogP contribution >= 0.6 is 0 Å². The van der Waals surface area contributed by atoms with E-state index in [4.69, 9.17) is 0 Å². The Morgan fingerprint density at radius 3 is 0.933 bits per heavy atom. The molecule has 15 heavy (non-hydrogen) atoms. The molecule has 0 fully saturated rings. The molecular weight excluding hydrogens is 259 g/mol. The van der Waals surface area contributed by atoms with Gasteiger partial charge in [0, 0.05) is 26.2 Å². The van der Waals surface area contributed by atoms with Crippen molar-refractivity contribution in [2.24, 2.45) is 0 Å². The molecule has 0 unspecified atom stereocenters. The van der Waals surface area contributed by atoms with Crippen molar-refractivity contribution < 1.29 is 26.2 Å². The molecule has 0 aromatic heterocycles. The van der Waals surface area contributed by atoms with Gasteiger partial charge >= 0.3 is 0 Å². The molecular formula is C14H16Zr. The van der Waals surface area contributed by atoms with Crippen LogP contribution in [0.15, 0.2) is 60.7 Å². The molecule has 0 radical (unpaired) electrons. The monoisotopic (exact) mass is 274 g/mol. The Morgan fingerprint density at radius 2 is 0.800 bits per heavy atom. The van der Waals surface area contributed by atoms with Crippen LogP contribution in [0.3, 0.4) is 0 Å². The zero-order valence-corrected chi connectivity index (χ0v) is 11.7. The molecule has 0 N–H and O–H groups in total. The van der Waals surface area contributed by atoms with Crippen molar-refractivity contribution in [2.75, 3.05) is 0 Å². The normalized spacial score (nSPS) is 8.13. The number of rotatable bonds is 0. The minimum Gasteiger partial charge on any atom is -0.0622 e. The van der Waals surface area contributed by atoms with Gasteiger partial charge in [-0.05, 0) is 13.8 Å². The topological polar surface area (TPSA) is 0 Å². The third kappa shape index (κ3) is 7.28. The van der Waals surface area contributed by atoms with Gasteiger partial charge in [0.1, 0.15) is 0 Å². The van der Waals surface area contributed by atoms with Gasteiger partial charge in [0.15, 0.2) is 0 Å². The fourth-order valence-corrected chi connectivity index (χ4v) is 1.07. The second-order valence-corrected chi connectivity index (χ2v) is 3.31. The molecule has 0 saturated heterocycles. The van der Waals surface area contributed by atoms with E-state index in [2.05, 4.69) is 38.1 Å². The van der Waals surface area contributed by atoms with Crippen LogP contribution in [0.25, 0.3) is 0 Å². The Kier molecular flexibility index (Phi) is 8.23. The number of aryl methyl sites for hydroxylation is 2. The molecule has 0 bridgehead atoms. The van der Waals surface area contributed by atoms with Gasteiger partial charge in [0.2, 0.25) is 0 Å². The summed E-state index contributed by atoms with van der Waals surface area (Å²) in [7, 11) is 0. The van der Waals surface area contributed by atoms with E-state index in [1.165, 1.54) is 11.1 Å². The van der Waals surface area contributed by atoms with Crippen molar-refractivity contribution in [1.82, 2.24) is 0 Å². The quantitative estimate of drug-likeness (QED) is 0.682. The van der Waals surface area contributed by atoms with Gasteiger partial charge in [-0.3, -0.25) is 0 Å². The Labute approximate surface area is 111 Å². The molecule has 1 heteroatoms. The summed E-state index contributed by atoms with van der Waals surface area (Å²) in [5.41, 5.74) is 2.64. The largest absolute Gasteiger partial charge is 0.0622 e. The summed E-state index contributed by atoms with van der Waals surface area (Å²) < 4.78 is 0. The van der Waals surface area contributed by atoms with Gasteiger partial charge in [-0.15, -0.1) is 0 Å². The summed E-state index contributed by atoms with van der Waals surface area (Å²) in [6, 6.07) is 20.5. The Bertz CT molecular complexity index is 303. The summed E-state index contributed by atoms with van der Waals surface area (Å²) in [5.74, 6) is 0. The van der Waals surface area contributed by atoms with Crippen LogP contribution in [0.1, 0.15) is 11.1 Å². The summed E-state index contributed by atoms with van der Waals surface area (Å²) in [6.07, 6.45) is 0. The average molecular weight is 276 g/mol. The van der Waals surface area contributed by atoms with Crippen molar-refractivity contribution in [3.8, 4) is 0 Å². The van der Waals surface area contributed by atoms with Crippen LogP contribution in [-0.2, 0) is 26.2 Å². The third-order valence-corrected chi connectivity index (χ3v) is 1.88. The van der Waals surface area contributed by atoms with Gasteiger partial charge in [0.25, 0.3) is 0 Å². The molecule has 0 spiro atoms. The molecule has 0 nitrogen and oxygen atoms in total. The Morgan fingerprint density at radius 1 is 0.533 bits per heavy atom. The molecule has 0 aliphatic heterocycles. The fraction of sp³-hybridized carbons (Fsp3) is 0.143. The van der Waals surface area contributed by atoms with Crippen LogP contribution in [-0.4, -0.2) is 0 Å². The third-order valence-electron chi connectivity index (χ3n) is 1.88. The van der Waals surface area contributed by atoms with Gasteiger partial charge in [0.05, 0.1) is 0 Å². The molecule has 0 saturated carbocycles. The second kappa shape index (κ2) is 8.62. The van der Waals surface area contributed by atoms with Crippen LogP contribution < -0.4 is 0 Å². The summed E-state index contributed by atoms with van der Waals surface area (Å²) in [4.78, 5) is 0. The molecule has 2 rings (SSSR count). The van der Waals surface area contributed by atoms with E-state index in [-0.39, 0.29) is 26.2 Å². The summed E-state index contributed by atoms with van der Waals surface area (Å²) >= 11 is 0. The first-order chi connectivity index (χ1) is 6.79. The Balaban J connectivity index is 0.000000245. The van der Waals surface area contributed by atoms with Crippen LogP contribution in [0.2, 0.25) is 0 Å². The van der Waals surface area contributed by atoms with Gasteiger partial charge in [-0.1, -0.05) is 71.8 Å². The van der Waals surface area contributed by atoms with Crippen LogP contribution in [0.4, 0.5) is 0 Å². The first-order valence-electron chi connectivity index (χ1n) is 4.82. The van der Waals surface area contributed by atoms with E-state index < -0.39 is 0 Å². The van der Waals surface area contributed by atoms with Crippen molar-refractivity contribution in [1.29, 1.82) is 0 Å². The van der Waals surface area contributed by atoms with Crippen molar-refractivity contribution in [3.05, 3.63) is 71.8 Å². The van der Waals surface area contributed by atoms with Crippen LogP contribution in [0.5, 0.6) is 0 Å². The van der Waals surface area contributed by atoms with Crippen molar-refractivity contribution in [3.63, 3.8) is 0 Å². The van der Waals surface area contributed by atoms with Gasteiger partial charge in [-0.25, -0.2) is 0 Å². The van der Waals surface area contributed by atoms with E-state index in [0.717, 1.165) is 0 Å². The number of hydrogen-bond donors (Lipinski definition) is 0. The van der Waals surface area contributed by atoms with E-state index in [0.29, 0.717) is 0 Å². The molecule has 0 heterocycles. The maximum atomic E-state index is 2.08. The predicted octanol–water partition coefficient (Wildman–Crippen LogP) is 3.99. The SMILES string of the molecule is Cc1ccccc1.Cc1ccccc1.[Zr]. The predicted molar refractivity (Wildman–Crippen MR) is 62.4 cm³/mol. The van der Waals surface area contributed by atoms with E-state index >= 15 is 0 Å². The standard InChI is InChI=1S/2C7H8.Zr/c2*1-7-5-3-2-4-6-7;/h2*2-6H,1H3;. The minimum atomic E-state index is 0. The number of hydrogen-bond acceptors (Lipinski definition) is 0. The van der Waals surface area contributed by atoms with Gasteiger partial charge in [-0.2, -0.15) is 0 Å². The summed E-state index contributed by atoms with van der Waals surface area (Å²) in [5, 5.41) is 0. The molecule has 2 aromatic carbocycles. The maximum absolute atomic E-state index is 2.08. The summed E-state index contributed by atoms with van der Waals surface area (Å²) in [6.45, 7) is 4.17. The Hall–Kier alpha value is -0.677. The molecule has 2 aromatic rings. The first kappa shape index (κ1) is 14.3. The van der Waals surface area contributed by atoms with Crippen LogP contribution in [0, 0.1) is 13.8 Å². The second-order valence-electron chi connectivity index (χ2n) is 3.31. The molecule has 0 amide bonds. The zero-order valence-electron chi connectivity index (χ0n) is 9.27.